The molecular formula is C21H26ClNO2. The van der Waals surface area contributed by atoms with Crippen LogP contribution >= 0.6 is 12.4 Å². The van der Waals surface area contributed by atoms with Crippen molar-refractivity contribution in [1.82, 2.24) is 5.32 Å². The molecule has 4 rings (SSSR count). The summed E-state index contributed by atoms with van der Waals surface area (Å²) in [5, 5.41) is 3.92. The van der Waals surface area contributed by atoms with E-state index >= 15 is 0 Å². The normalized spacial score (nSPS) is 17.8. The van der Waals surface area contributed by atoms with Crippen LogP contribution in [0.15, 0.2) is 48.5 Å². The fourth-order valence-corrected chi connectivity index (χ4v) is 3.81. The molecule has 1 aliphatic carbocycles. The summed E-state index contributed by atoms with van der Waals surface area (Å²) in [5.41, 5.74) is 2.65. The van der Waals surface area contributed by atoms with Gasteiger partial charge < -0.3 is 14.8 Å². The maximum Gasteiger partial charge on any atom is 0.231 e. The molecule has 4 heteroatoms. The Morgan fingerprint density at radius 3 is 2.48 bits per heavy atom. The highest BCUT2D eigenvalue weighted by Gasteiger charge is 2.22. The van der Waals surface area contributed by atoms with Crippen molar-refractivity contribution in [1.29, 1.82) is 0 Å². The number of ether oxygens (including phenoxy) is 2. The van der Waals surface area contributed by atoms with Crippen LogP contribution in [0.2, 0.25) is 0 Å². The van der Waals surface area contributed by atoms with E-state index in [-0.39, 0.29) is 12.4 Å². The van der Waals surface area contributed by atoms with Crippen molar-refractivity contribution >= 4 is 12.4 Å². The van der Waals surface area contributed by atoms with Crippen LogP contribution in [-0.2, 0) is 6.42 Å². The summed E-state index contributed by atoms with van der Waals surface area (Å²) in [4.78, 5) is 0. The van der Waals surface area contributed by atoms with E-state index in [1.165, 1.54) is 43.2 Å². The van der Waals surface area contributed by atoms with Crippen molar-refractivity contribution in [2.75, 3.05) is 6.79 Å². The summed E-state index contributed by atoms with van der Waals surface area (Å²) in [6.07, 6.45) is 7.64. The minimum absolute atomic E-state index is 0. The number of fused-ring (bicyclic) bond motifs is 1. The highest BCUT2D eigenvalue weighted by Crippen LogP contribution is 2.35. The predicted molar refractivity (Wildman–Crippen MR) is 103 cm³/mol. The molecule has 1 aliphatic heterocycles. The second kappa shape index (κ2) is 8.59. The van der Waals surface area contributed by atoms with Gasteiger partial charge in [-0.2, -0.15) is 0 Å². The minimum atomic E-state index is 0. The van der Waals surface area contributed by atoms with Crippen LogP contribution in [0.5, 0.6) is 11.5 Å². The van der Waals surface area contributed by atoms with Crippen molar-refractivity contribution in [3.8, 4) is 11.5 Å². The Bertz CT molecular complexity index is 671. The van der Waals surface area contributed by atoms with Crippen molar-refractivity contribution < 1.29 is 9.47 Å². The molecule has 25 heavy (non-hydrogen) atoms. The monoisotopic (exact) mass is 359 g/mol. The number of hydrogen-bond donors (Lipinski definition) is 1. The second-order valence-electron chi connectivity index (χ2n) is 6.86. The molecule has 1 N–H and O–H groups in total. The molecule has 3 nitrogen and oxygen atoms in total. The highest BCUT2D eigenvalue weighted by atomic mass is 35.5. The van der Waals surface area contributed by atoms with Gasteiger partial charge in [-0.1, -0.05) is 55.7 Å². The van der Waals surface area contributed by atoms with Crippen molar-refractivity contribution in [2.45, 2.75) is 50.6 Å². The minimum Gasteiger partial charge on any atom is -0.454 e. The summed E-state index contributed by atoms with van der Waals surface area (Å²) in [6, 6.07) is 18.0. The lowest BCUT2D eigenvalue weighted by atomic mass is 9.92. The van der Waals surface area contributed by atoms with E-state index < -0.39 is 0 Å². The van der Waals surface area contributed by atoms with Crippen molar-refractivity contribution in [3.63, 3.8) is 0 Å². The van der Waals surface area contributed by atoms with Crippen LogP contribution in [0.3, 0.4) is 0 Å². The molecule has 2 aliphatic rings. The van der Waals surface area contributed by atoms with Gasteiger partial charge in [0.1, 0.15) is 0 Å². The second-order valence-corrected chi connectivity index (χ2v) is 6.86. The van der Waals surface area contributed by atoms with E-state index in [4.69, 9.17) is 9.47 Å². The third kappa shape index (κ3) is 4.47. The first-order valence-electron chi connectivity index (χ1n) is 9.08. The molecule has 0 saturated heterocycles. The van der Waals surface area contributed by atoms with Gasteiger partial charge in [0.2, 0.25) is 6.79 Å². The average molecular weight is 360 g/mol. The Morgan fingerprint density at radius 1 is 0.920 bits per heavy atom. The molecular weight excluding hydrogens is 334 g/mol. The Kier molecular flexibility index (Phi) is 6.22. The number of halogens is 1. The molecule has 134 valence electrons. The Balaban J connectivity index is 0.00000182. The summed E-state index contributed by atoms with van der Waals surface area (Å²) in [5.74, 6) is 1.73. The molecule has 2 aromatic carbocycles. The van der Waals surface area contributed by atoms with Gasteiger partial charge in [-0.25, -0.2) is 0 Å². The molecule has 1 fully saturated rings. The molecule has 0 amide bonds. The maximum absolute atomic E-state index is 5.58. The lowest BCUT2D eigenvalue weighted by molar-refractivity contribution is 0.174. The number of hydrogen-bond acceptors (Lipinski definition) is 3. The van der Waals surface area contributed by atoms with E-state index in [1.807, 2.05) is 6.07 Å². The van der Waals surface area contributed by atoms with E-state index in [0.717, 1.165) is 17.9 Å². The van der Waals surface area contributed by atoms with E-state index in [0.29, 0.717) is 18.9 Å². The van der Waals surface area contributed by atoms with E-state index in [1.54, 1.807) is 0 Å². The largest absolute Gasteiger partial charge is 0.454 e. The predicted octanol–water partition coefficient (Wildman–Crippen LogP) is 5.04. The molecule has 2 aromatic rings. The van der Waals surface area contributed by atoms with Gasteiger partial charge >= 0.3 is 0 Å². The fourth-order valence-electron chi connectivity index (χ4n) is 3.81. The SMILES string of the molecule is Cl.c1ccc(CC(NC2CCCCC2)c2ccc3c(c2)OCO3)cc1. The van der Waals surface area contributed by atoms with Crippen LogP contribution in [0.1, 0.15) is 49.3 Å². The third-order valence-corrected chi connectivity index (χ3v) is 5.12. The maximum atomic E-state index is 5.58. The zero-order chi connectivity index (χ0) is 16.2. The van der Waals surface area contributed by atoms with Gasteiger partial charge in [0.25, 0.3) is 0 Å². The summed E-state index contributed by atoms with van der Waals surface area (Å²) >= 11 is 0. The first-order chi connectivity index (χ1) is 11.9. The first kappa shape index (κ1) is 18.1. The molecule has 0 bridgehead atoms. The Hall–Kier alpha value is -1.71. The zero-order valence-electron chi connectivity index (χ0n) is 14.4. The molecule has 1 heterocycles. The quantitative estimate of drug-likeness (QED) is 0.810. The first-order valence-corrected chi connectivity index (χ1v) is 9.08. The van der Waals surface area contributed by atoms with Gasteiger partial charge in [-0.15, -0.1) is 12.4 Å². The van der Waals surface area contributed by atoms with Crippen LogP contribution < -0.4 is 14.8 Å². The molecule has 0 aromatic heterocycles. The van der Waals surface area contributed by atoms with Crippen LogP contribution in [-0.4, -0.2) is 12.8 Å². The number of benzene rings is 2. The van der Waals surface area contributed by atoms with Crippen molar-refractivity contribution in [2.24, 2.45) is 0 Å². The van der Waals surface area contributed by atoms with Gasteiger partial charge in [-0.05, 0) is 42.5 Å². The van der Waals surface area contributed by atoms with Gasteiger partial charge in [0.15, 0.2) is 11.5 Å². The third-order valence-electron chi connectivity index (χ3n) is 5.12. The molecule has 1 unspecified atom stereocenters. The molecule has 0 radical (unpaired) electrons. The van der Waals surface area contributed by atoms with Crippen LogP contribution in [0, 0.1) is 0 Å². The summed E-state index contributed by atoms with van der Waals surface area (Å²) in [7, 11) is 0. The topological polar surface area (TPSA) is 30.5 Å². The van der Waals surface area contributed by atoms with Crippen LogP contribution in [0.4, 0.5) is 0 Å². The summed E-state index contributed by atoms with van der Waals surface area (Å²) in [6.45, 7) is 0.332. The van der Waals surface area contributed by atoms with Gasteiger partial charge in [0, 0.05) is 12.1 Å². The summed E-state index contributed by atoms with van der Waals surface area (Å²) < 4.78 is 11.0. The molecule has 1 atom stereocenters. The average Bonchev–Trinajstić information content (AvgIpc) is 3.11. The van der Waals surface area contributed by atoms with Crippen molar-refractivity contribution in [3.05, 3.63) is 59.7 Å². The molecule has 1 saturated carbocycles. The van der Waals surface area contributed by atoms with E-state index in [2.05, 4.69) is 47.8 Å². The fraction of sp³-hybridized carbons (Fsp3) is 0.429. The van der Waals surface area contributed by atoms with Crippen LogP contribution in [0.25, 0.3) is 0 Å². The van der Waals surface area contributed by atoms with Gasteiger partial charge in [0.05, 0.1) is 0 Å². The number of nitrogens with one attached hydrogen (secondary N) is 1. The lowest BCUT2D eigenvalue weighted by Gasteiger charge is -2.29. The van der Waals surface area contributed by atoms with Gasteiger partial charge in [-0.3, -0.25) is 0 Å². The zero-order valence-corrected chi connectivity index (χ0v) is 15.3. The molecule has 0 spiro atoms. The Labute approximate surface area is 156 Å². The van der Waals surface area contributed by atoms with E-state index in [9.17, 15) is 0 Å². The Morgan fingerprint density at radius 2 is 1.68 bits per heavy atom. The number of rotatable bonds is 5. The standard InChI is InChI=1S/C21H25NO2.ClH/c1-3-7-16(8-4-1)13-19(22-18-9-5-2-6-10-18)17-11-12-20-21(14-17)24-15-23-20;/h1,3-4,7-8,11-12,14,18-19,22H,2,5-6,9-10,13,15H2;1H. The smallest absolute Gasteiger partial charge is 0.231 e. The lowest BCUT2D eigenvalue weighted by Crippen LogP contribution is -2.35. The highest BCUT2D eigenvalue weighted by molar-refractivity contribution is 5.85.